The molecule has 1 saturated heterocycles. The van der Waals surface area contributed by atoms with E-state index in [9.17, 15) is 19.1 Å². The largest absolute Gasteiger partial charge is 0.507 e. The predicted octanol–water partition coefficient (Wildman–Crippen LogP) is 6.24. The van der Waals surface area contributed by atoms with E-state index >= 15 is 0 Å². The van der Waals surface area contributed by atoms with Gasteiger partial charge in [0, 0.05) is 16.3 Å². The second kappa shape index (κ2) is 9.31. The Morgan fingerprint density at radius 2 is 1.68 bits per heavy atom. The van der Waals surface area contributed by atoms with Gasteiger partial charge in [-0.25, -0.2) is 4.39 Å². The molecule has 1 unspecified atom stereocenters. The molecule has 3 aromatic carbocycles. The van der Waals surface area contributed by atoms with Crippen molar-refractivity contribution in [2.24, 2.45) is 0 Å². The molecule has 1 atom stereocenters. The van der Waals surface area contributed by atoms with Crippen molar-refractivity contribution in [3.8, 4) is 5.75 Å². The highest BCUT2D eigenvalue weighted by atomic mass is 35.5. The maximum atomic E-state index is 13.7. The van der Waals surface area contributed by atoms with Gasteiger partial charge in [-0.15, -0.1) is 0 Å². The van der Waals surface area contributed by atoms with Gasteiger partial charge in [-0.2, -0.15) is 0 Å². The lowest BCUT2D eigenvalue weighted by molar-refractivity contribution is -0.132. The first-order valence-electron chi connectivity index (χ1n) is 10.7. The summed E-state index contributed by atoms with van der Waals surface area (Å²) in [5.74, 6) is -1.65. The van der Waals surface area contributed by atoms with Gasteiger partial charge in [0.25, 0.3) is 11.7 Å². The number of anilines is 1. The number of carbonyl (C=O) groups excluding carboxylic acids is 2. The van der Waals surface area contributed by atoms with Crippen LogP contribution in [0, 0.1) is 5.82 Å². The van der Waals surface area contributed by atoms with Gasteiger partial charge < -0.3 is 9.84 Å². The van der Waals surface area contributed by atoms with Crippen LogP contribution >= 0.6 is 11.6 Å². The van der Waals surface area contributed by atoms with Crippen molar-refractivity contribution in [3.63, 3.8) is 0 Å². The minimum atomic E-state index is -0.952. The first-order chi connectivity index (χ1) is 16.2. The fraction of sp³-hybridized carbons (Fsp3) is 0.185. The summed E-state index contributed by atoms with van der Waals surface area (Å²) in [4.78, 5) is 27.7. The van der Waals surface area contributed by atoms with E-state index < -0.39 is 23.5 Å². The van der Waals surface area contributed by atoms with Gasteiger partial charge in [0.2, 0.25) is 0 Å². The molecule has 0 aromatic heterocycles. The second-order valence-electron chi connectivity index (χ2n) is 8.31. The summed E-state index contributed by atoms with van der Waals surface area (Å²) < 4.78 is 19.1. The number of aliphatic hydroxyl groups excluding tert-OH is 1. The molecule has 4 rings (SSSR count). The number of carbonyl (C=O) groups is 2. The number of halogens is 2. The van der Waals surface area contributed by atoms with Crippen LogP contribution in [-0.4, -0.2) is 23.9 Å². The molecule has 0 aliphatic carbocycles. The Bertz CT molecular complexity index is 1280. The van der Waals surface area contributed by atoms with Crippen molar-refractivity contribution in [3.05, 3.63) is 99.8 Å². The number of Topliss-reactive ketones (excluding diaryl/α,β-unsaturated/α-hetero) is 1. The Morgan fingerprint density at radius 3 is 2.26 bits per heavy atom. The van der Waals surface area contributed by atoms with Crippen LogP contribution in [0.3, 0.4) is 0 Å². The molecule has 1 heterocycles. The SMILES string of the molecule is COc1ccc(/C(O)=C2/C(=O)C(=O)N(c3ccc(Cl)cc3)C2c2ccc(F)cc2)cc1C(C)C. The quantitative estimate of drug-likeness (QED) is 0.267. The van der Waals surface area contributed by atoms with Crippen LogP contribution in [0.1, 0.15) is 42.5 Å². The van der Waals surface area contributed by atoms with Crippen LogP contribution in [-0.2, 0) is 9.59 Å². The molecule has 7 heteroatoms. The monoisotopic (exact) mass is 479 g/mol. The summed E-state index contributed by atoms with van der Waals surface area (Å²) in [6.45, 7) is 3.97. The Balaban J connectivity index is 1.94. The Kier molecular flexibility index (Phi) is 6.44. The highest BCUT2D eigenvalue weighted by Gasteiger charge is 2.47. The molecular formula is C27H23ClFNO4. The fourth-order valence-corrected chi connectivity index (χ4v) is 4.28. The van der Waals surface area contributed by atoms with Crippen molar-refractivity contribution >= 4 is 34.7 Å². The molecule has 5 nitrogen and oxygen atoms in total. The van der Waals surface area contributed by atoms with Crippen LogP contribution in [0.4, 0.5) is 10.1 Å². The van der Waals surface area contributed by atoms with E-state index in [1.807, 2.05) is 13.8 Å². The number of rotatable bonds is 5. The van der Waals surface area contributed by atoms with Crippen molar-refractivity contribution in [1.82, 2.24) is 0 Å². The molecule has 174 valence electrons. The summed E-state index contributed by atoms with van der Waals surface area (Å²) in [7, 11) is 1.56. The number of ketones is 1. The number of hydrogen-bond acceptors (Lipinski definition) is 4. The van der Waals surface area contributed by atoms with Gasteiger partial charge in [-0.3, -0.25) is 14.5 Å². The molecule has 1 aliphatic rings. The molecule has 1 aliphatic heterocycles. The van der Waals surface area contributed by atoms with Gasteiger partial charge in [0.05, 0.1) is 18.7 Å². The van der Waals surface area contributed by atoms with Crippen LogP contribution in [0.15, 0.2) is 72.3 Å². The van der Waals surface area contributed by atoms with E-state index in [2.05, 4.69) is 0 Å². The van der Waals surface area contributed by atoms with Gasteiger partial charge in [-0.05, 0) is 71.6 Å². The lowest BCUT2D eigenvalue weighted by Crippen LogP contribution is -2.29. The average molecular weight is 480 g/mol. The molecule has 1 fully saturated rings. The lowest BCUT2D eigenvalue weighted by Gasteiger charge is -2.25. The highest BCUT2D eigenvalue weighted by molar-refractivity contribution is 6.51. The molecule has 0 spiro atoms. The maximum absolute atomic E-state index is 13.7. The molecule has 3 aromatic rings. The van der Waals surface area contributed by atoms with Gasteiger partial charge in [0.1, 0.15) is 17.3 Å². The molecule has 0 bridgehead atoms. The third-order valence-corrected chi connectivity index (χ3v) is 6.11. The van der Waals surface area contributed by atoms with Gasteiger partial charge >= 0.3 is 0 Å². The summed E-state index contributed by atoms with van der Waals surface area (Å²) in [5.41, 5.74) is 2.06. The fourth-order valence-electron chi connectivity index (χ4n) is 4.15. The topological polar surface area (TPSA) is 66.8 Å². The highest BCUT2D eigenvalue weighted by Crippen LogP contribution is 2.43. The van der Waals surface area contributed by atoms with Crippen LogP contribution in [0.25, 0.3) is 5.76 Å². The summed E-state index contributed by atoms with van der Waals surface area (Å²) in [6, 6.07) is 16.1. The van der Waals surface area contributed by atoms with E-state index in [1.54, 1.807) is 49.6 Å². The minimum Gasteiger partial charge on any atom is -0.507 e. The molecule has 0 saturated carbocycles. The van der Waals surface area contributed by atoms with Crippen molar-refractivity contribution in [2.45, 2.75) is 25.8 Å². The minimum absolute atomic E-state index is 0.0774. The second-order valence-corrected chi connectivity index (χ2v) is 8.74. The maximum Gasteiger partial charge on any atom is 0.300 e. The third-order valence-electron chi connectivity index (χ3n) is 5.86. The number of ether oxygens (including phenoxy) is 1. The first-order valence-corrected chi connectivity index (χ1v) is 11.1. The lowest BCUT2D eigenvalue weighted by atomic mass is 9.93. The smallest absolute Gasteiger partial charge is 0.300 e. The summed E-state index contributed by atoms with van der Waals surface area (Å²) in [5, 5.41) is 11.8. The Hall–Kier alpha value is -3.64. The zero-order valence-corrected chi connectivity index (χ0v) is 19.6. The average Bonchev–Trinajstić information content (AvgIpc) is 3.09. The van der Waals surface area contributed by atoms with E-state index in [0.29, 0.717) is 27.6 Å². The van der Waals surface area contributed by atoms with Gasteiger partial charge in [-0.1, -0.05) is 37.6 Å². The third kappa shape index (κ3) is 4.17. The van der Waals surface area contributed by atoms with E-state index in [0.717, 1.165) is 5.56 Å². The number of methoxy groups -OCH3 is 1. The van der Waals surface area contributed by atoms with Crippen molar-refractivity contribution in [1.29, 1.82) is 0 Å². The summed E-state index contributed by atoms with van der Waals surface area (Å²) in [6.07, 6.45) is 0. The molecule has 0 radical (unpaired) electrons. The molecule has 1 amide bonds. The van der Waals surface area contributed by atoms with Crippen molar-refractivity contribution < 1.29 is 23.8 Å². The van der Waals surface area contributed by atoms with Gasteiger partial charge in [0.15, 0.2) is 0 Å². The Labute approximate surface area is 202 Å². The Morgan fingerprint density at radius 1 is 1.03 bits per heavy atom. The number of nitrogens with zero attached hydrogens (tertiary/aromatic N) is 1. The van der Waals surface area contributed by atoms with E-state index in [1.165, 1.54) is 29.2 Å². The molecule has 34 heavy (non-hydrogen) atoms. The van der Waals surface area contributed by atoms with Crippen LogP contribution in [0.5, 0.6) is 5.75 Å². The molecular weight excluding hydrogens is 457 g/mol. The summed E-state index contributed by atoms with van der Waals surface area (Å²) >= 11 is 6.01. The number of hydrogen-bond donors (Lipinski definition) is 1. The number of benzene rings is 3. The number of aliphatic hydroxyl groups is 1. The molecule has 1 N–H and O–H groups in total. The normalized spacial score (nSPS) is 17.5. The standard InChI is InChI=1S/C27H23ClFNO4/c1-15(2)21-14-17(6-13-22(21)34-3)25(31)23-24(16-4-9-19(29)10-5-16)30(27(33)26(23)32)20-11-7-18(28)8-12-20/h4-15,24,31H,1-3H3/b25-23-. The van der Waals surface area contributed by atoms with Crippen molar-refractivity contribution in [2.75, 3.05) is 12.0 Å². The predicted molar refractivity (Wildman–Crippen MR) is 130 cm³/mol. The zero-order chi connectivity index (χ0) is 24.6. The number of amides is 1. The van der Waals surface area contributed by atoms with E-state index in [4.69, 9.17) is 16.3 Å². The first kappa shape index (κ1) is 23.5. The van der Waals surface area contributed by atoms with Crippen LogP contribution < -0.4 is 9.64 Å². The zero-order valence-electron chi connectivity index (χ0n) is 18.9. The van der Waals surface area contributed by atoms with Crippen LogP contribution in [0.2, 0.25) is 5.02 Å². The van der Waals surface area contributed by atoms with E-state index in [-0.39, 0.29) is 17.3 Å².